The number of hydrogen-bond acceptors (Lipinski definition) is 7. The lowest BCUT2D eigenvalue weighted by molar-refractivity contribution is 0.0473. The maximum Gasteiger partial charge on any atom is 0.343 e. The van der Waals surface area contributed by atoms with Crippen molar-refractivity contribution in [3.8, 4) is 0 Å². The number of benzene rings is 1. The number of rotatable bonds is 6. The fourth-order valence-corrected chi connectivity index (χ4v) is 3.58. The van der Waals surface area contributed by atoms with Crippen molar-refractivity contribution in [2.45, 2.75) is 13.5 Å². The quantitative estimate of drug-likeness (QED) is 0.419. The van der Waals surface area contributed by atoms with E-state index >= 15 is 0 Å². The van der Waals surface area contributed by atoms with Crippen molar-refractivity contribution in [1.82, 2.24) is 18.9 Å². The summed E-state index contributed by atoms with van der Waals surface area (Å²) in [6, 6.07) is 7.11. The van der Waals surface area contributed by atoms with Gasteiger partial charge in [0.25, 0.3) is 5.56 Å². The van der Waals surface area contributed by atoms with Gasteiger partial charge in [0.1, 0.15) is 22.1 Å². The molecule has 2 heterocycles. The van der Waals surface area contributed by atoms with Crippen molar-refractivity contribution in [3.05, 3.63) is 77.7 Å². The maximum atomic E-state index is 12.6. The van der Waals surface area contributed by atoms with Crippen molar-refractivity contribution in [1.29, 1.82) is 0 Å². The van der Waals surface area contributed by atoms with Gasteiger partial charge < -0.3 is 10.5 Å². The zero-order valence-electron chi connectivity index (χ0n) is 17.4. The lowest BCUT2D eigenvalue weighted by Gasteiger charge is -2.11. The van der Waals surface area contributed by atoms with E-state index < -0.39 is 35.2 Å². The molecule has 0 unspecified atom stereocenters. The molecule has 0 atom stereocenters. The highest BCUT2D eigenvalue weighted by Gasteiger charge is 2.25. The fraction of sp³-hybridized carbons (Fsp3) is 0.250. The van der Waals surface area contributed by atoms with Crippen LogP contribution in [-0.4, -0.2) is 37.3 Å². The molecule has 0 saturated heterocycles. The number of halogens is 2. The van der Waals surface area contributed by atoms with Gasteiger partial charge in [0.05, 0.1) is 12.2 Å². The molecule has 3 aromatic rings. The summed E-state index contributed by atoms with van der Waals surface area (Å²) in [6.45, 7) is 1.01. The Balaban J connectivity index is 1.81. The van der Waals surface area contributed by atoms with Crippen molar-refractivity contribution in [3.63, 3.8) is 0 Å². The van der Waals surface area contributed by atoms with Crippen LogP contribution in [0.25, 0.3) is 0 Å². The van der Waals surface area contributed by atoms with E-state index in [2.05, 4.69) is 5.10 Å². The van der Waals surface area contributed by atoms with Crippen LogP contribution in [0, 0.1) is 6.92 Å². The first-order valence-electron chi connectivity index (χ1n) is 9.26. The Morgan fingerprint density at radius 3 is 2.41 bits per heavy atom. The number of esters is 1. The number of aryl methyl sites for hydroxylation is 1. The van der Waals surface area contributed by atoms with Crippen LogP contribution in [0.3, 0.4) is 0 Å². The van der Waals surface area contributed by atoms with Gasteiger partial charge in [0, 0.05) is 19.1 Å². The van der Waals surface area contributed by atoms with E-state index in [1.54, 1.807) is 25.1 Å². The van der Waals surface area contributed by atoms with E-state index in [-0.39, 0.29) is 28.8 Å². The maximum absolute atomic E-state index is 12.6. The first-order chi connectivity index (χ1) is 15.0. The number of nitrogens with two attached hydrogens (primary N) is 1. The summed E-state index contributed by atoms with van der Waals surface area (Å²) in [5.41, 5.74) is 4.75. The van der Waals surface area contributed by atoms with E-state index in [4.69, 9.17) is 33.7 Å². The summed E-state index contributed by atoms with van der Waals surface area (Å²) in [6.07, 6.45) is 0. The summed E-state index contributed by atoms with van der Waals surface area (Å²) < 4.78 is 8.15. The molecule has 0 radical (unpaired) electrons. The van der Waals surface area contributed by atoms with E-state index in [1.807, 2.05) is 6.07 Å². The van der Waals surface area contributed by atoms with Crippen molar-refractivity contribution >= 4 is 40.8 Å². The summed E-state index contributed by atoms with van der Waals surface area (Å²) in [7, 11) is 2.53. The summed E-state index contributed by atoms with van der Waals surface area (Å²) in [4.78, 5) is 49.3. The first-order valence-corrected chi connectivity index (χ1v) is 10.0. The summed E-state index contributed by atoms with van der Waals surface area (Å²) in [5, 5.41) is 4.77. The highest BCUT2D eigenvalue weighted by Crippen LogP contribution is 2.24. The smallest absolute Gasteiger partial charge is 0.343 e. The van der Waals surface area contributed by atoms with Gasteiger partial charge in [-0.1, -0.05) is 41.4 Å². The number of carbonyl (C=O) groups is 2. The molecular formula is C20H19Cl2N5O5. The molecular weight excluding hydrogens is 461 g/mol. The molecule has 0 saturated carbocycles. The topological polar surface area (TPSA) is 131 Å². The standard InChI is InChI=1S/C20H19Cl2N5O5/c1-10-14(16(22)27(24-10)8-11-6-4-5-7-12(11)21)19(30)32-9-13(28)15-17(23)25(2)20(31)26(3)18(15)29/h4-7H,8-9,23H2,1-3H3. The number of carbonyl (C=O) groups excluding carboxylic acids is 2. The third-order valence-corrected chi connectivity index (χ3v) is 5.62. The van der Waals surface area contributed by atoms with Gasteiger partial charge in [-0.15, -0.1) is 0 Å². The molecule has 0 bridgehead atoms. The zero-order valence-corrected chi connectivity index (χ0v) is 18.9. The second-order valence-corrected chi connectivity index (χ2v) is 7.73. The molecule has 0 fully saturated rings. The highest BCUT2D eigenvalue weighted by molar-refractivity contribution is 6.33. The van der Waals surface area contributed by atoms with Crippen molar-refractivity contribution < 1.29 is 14.3 Å². The number of ether oxygens (including phenoxy) is 1. The predicted molar refractivity (Wildman–Crippen MR) is 118 cm³/mol. The van der Waals surface area contributed by atoms with Crippen LogP contribution in [0.15, 0.2) is 33.9 Å². The van der Waals surface area contributed by atoms with Gasteiger partial charge in [-0.2, -0.15) is 5.10 Å². The third kappa shape index (κ3) is 4.19. The fourth-order valence-electron chi connectivity index (χ4n) is 3.08. The summed E-state index contributed by atoms with van der Waals surface area (Å²) in [5.74, 6) is -2.07. The van der Waals surface area contributed by atoms with E-state index in [0.29, 0.717) is 5.02 Å². The van der Waals surface area contributed by atoms with Crippen LogP contribution in [0.2, 0.25) is 10.2 Å². The minimum atomic E-state index is -0.897. The number of hydrogen-bond donors (Lipinski definition) is 1. The summed E-state index contributed by atoms with van der Waals surface area (Å²) >= 11 is 12.5. The Labute approximate surface area is 191 Å². The molecule has 3 rings (SSSR count). The Hall–Kier alpha value is -3.37. The van der Waals surface area contributed by atoms with Crippen LogP contribution >= 0.6 is 23.2 Å². The third-order valence-electron chi connectivity index (χ3n) is 4.87. The van der Waals surface area contributed by atoms with Crippen molar-refractivity contribution in [2.75, 3.05) is 12.3 Å². The van der Waals surface area contributed by atoms with Crippen LogP contribution < -0.4 is 17.0 Å². The molecule has 10 nitrogen and oxygen atoms in total. The van der Waals surface area contributed by atoms with E-state index in [9.17, 15) is 19.2 Å². The average molecular weight is 480 g/mol. The second kappa shape index (κ2) is 9.01. The van der Waals surface area contributed by atoms with Crippen LogP contribution in [0.1, 0.15) is 32.0 Å². The number of aromatic nitrogens is 4. The van der Waals surface area contributed by atoms with Crippen LogP contribution in [0.5, 0.6) is 0 Å². The highest BCUT2D eigenvalue weighted by atomic mass is 35.5. The molecule has 12 heteroatoms. The minimum Gasteiger partial charge on any atom is -0.454 e. The predicted octanol–water partition coefficient (Wildman–Crippen LogP) is 1.57. The molecule has 1 aromatic carbocycles. The monoisotopic (exact) mass is 479 g/mol. The number of ketones is 1. The number of nitrogen functional groups attached to an aromatic ring is 1. The Morgan fingerprint density at radius 2 is 1.75 bits per heavy atom. The first kappa shape index (κ1) is 23.3. The zero-order chi connectivity index (χ0) is 23.7. The van der Waals surface area contributed by atoms with E-state index in [0.717, 1.165) is 14.7 Å². The lowest BCUT2D eigenvalue weighted by Crippen LogP contribution is -2.42. The molecule has 0 amide bonds. The average Bonchev–Trinajstić information content (AvgIpc) is 3.03. The molecule has 32 heavy (non-hydrogen) atoms. The van der Waals surface area contributed by atoms with Gasteiger partial charge in [0.2, 0.25) is 5.78 Å². The molecule has 168 valence electrons. The minimum absolute atomic E-state index is 0.0115. The van der Waals surface area contributed by atoms with E-state index in [1.165, 1.54) is 18.8 Å². The molecule has 0 aliphatic rings. The molecule has 2 aromatic heterocycles. The SMILES string of the molecule is Cc1nn(Cc2ccccc2Cl)c(Cl)c1C(=O)OCC(=O)c1c(N)n(C)c(=O)n(C)c1=O. The lowest BCUT2D eigenvalue weighted by atomic mass is 10.2. The van der Waals surface area contributed by atoms with Gasteiger partial charge in [-0.05, 0) is 18.6 Å². The van der Waals surface area contributed by atoms with Crippen LogP contribution in [0.4, 0.5) is 5.82 Å². The number of Topliss-reactive ketones (excluding diaryl/α,β-unsaturated/α-hetero) is 1. The number of nitrogens with zero attached hydrogens (tertiary/aromatic N) is 4. The molecule has 0 aliphatic carbocycles. The van der Waals surface area contributed by atoms with Gasteiger partial charge in [-0.3, -0.25) is 18.7 Å². The molecule has 0 spiro atoms. The largest absolute Gasteiger partial charge is 0.454 e. The van der Waals surface area contributed by atoms with Crippen molar-refractivity contribution in [2.24, 2.45) is 14.1 Å². The Morgan fingerprint density at radius 1 is 1.09 bits per heavy atom. The van der Waals surface area contributed by atoms with Gasteiger partial charge in [0.15, 0.2) is 6.61 Å². The Bertz CT molecular complexity index is 1360. The normalized spacial score (nSPS) is 10.9. The second-order valence-electron chi connectivity index (χ2n) is 6.97. The Kier molecular flexibility index (Phi) is 6.56. The van der Waals surface area contributed by atoms with Gasteiger partial charge >= 0.3 is 11.7 Å². The van der Waals surface area contributed by atoms with Crippen LogP contribution in [-0.2, 0) is 25.4 Å². The van der Waals surface area contributed by atoms with Gasteiger partial charge in [-0.25, -0.2) is 14.3 Å². The number of anilines is 1. The molecule has 2 N–H and O–H groups in total. The molecule has 0 aliphatic heterocycles.